The molecule has 4 heterocycles. The van der Waals surface area contributed by atoms with E-state index in [0.29, 0.717) is 38.5 Å². The van der Waals surface area contributed by atoms with Crippen LogP contribution >= 0.6 is 0 Å². The zero-order chi connectivity index (χ0) is 56.5. The summed E-state index contributed by atoms with van der Waals surface area (Å²) in [5, 5.41) is 43.8. The van der Waals surface area contributed by atoms with Gasteiger partial charge in [-0.1, -0.05) is 55.4 Å². The van der Waals surface area contributed by atoms with Crippen LogP contribution in [0.1, 0.15) is 135 Å². The van der Waals surface area contributed by atoms with Gasteiger partial charge in [-0.15, -0.1) is 0 Å². The average Bonchev–Trinajstić information content (AvgIpc) is 3.33. The lowest BCUT2D eigenvalue weighted by Gasteiger charge is -2.43. The minimum Gasteiger partial charge on any atom is -0.458 e. The molecule has 0 saturated carbocycles. The van der Waals surface area contributed by atoms with Gasteiger partial charge in [-0.25, -0.2) is 0 Å². The molecule has 18 heteroatoms. The fourth-order valence-electron chi connectivity index (χ4n) is 10.8. The van der Waals surface area contributed by atoms with E-state index in [1.807, 2.05) is 65.7 Å². The van der Waals surface area contributed by atoms with Crippen molar-refractivity contribution in [3.8, 4) is 0 Å². The van der Waals surface area contributed by atoms with E-state index in [-0.39, 0.29) is 59.3 Å². The molecule has 0 aromatic heterocycles. The van der Waals surface area contributed by atoms with Crippen LogP contribution in [-0.4, -0.2) is 178 Å². The highest BCUT2D eigenvalue weighted by Gasteiger charge is 2.47. The third kappa shape index (κ3) is 16.8. The van der Waals surface area contributed by atoms with Crippen molar-refractivity contribution in [2.45, 2.75) is 220 Å². The topological polar surface area (TPSA) is 245 Å². The van der Waals surface area contributed by atoms with Crippen molar-refractivity contribution in [1.29, 1.82) is 0 Å². The van der Waals surface area contributed by atoms with Gasteiger partial charge in [-0.3, -0.25) is 28.8 Å². The summed E-state index contributed by atoms with van der Waals surface area (Å²) in [5.41, 5.74) is -3.13. The van der Waals surface area contributed by atoms with E-state index in [2.05, 4.69) is 0 Å². The fraction of sp³-hybridized carbons (Fsp3) is 0.821. The molecule has 4 rings (SSSR count). The summed E-state index contributed by atoms with van der Waals surface area (Å²) in [4.78, 5) is 82.6. The second-order valence-electron chi connectivity index (χ2n) is 23.0. The summed E-state index contributed by atoms with van der Waals surface area (Å²) in [7, 11) is 7.53. The first-order valence-corrected chi connectivity index (χ1v) is 26.9. The maximum absolute atomic E-state index is 13.5. The highest BCUT2D eigenvalue weighted by molar-refractivity contribution is 6.00. The normalized spacial score (nSPS) is 43.8. The maximum Gasteiger partial charge on any atom is 0.316 e. The van der Waals surface area contributed by atoms with Gasteiger partial charge in [0.2, 0.25) is 0 Å². The van der Waals surface area contributed by atoms with Gasteiger partial charge in [0.25, 0.3) is 0 Å². The Morgan fingerprint density at radius 2 is 0.865 bits per heavy atom. The largest absolute Gasteiger partial charge is 0.458 e. The van der Waals surface area contributed by atoms with Gasteiger partial charge in [0.05, 0.1) is 24.4 Å². The molecule has 0 aromatic carbocycles. The zero-order valence-corrected chi connectivity index (χ0v) is 47.7. The van der Waals surface area contributed by atoms with E-state index in [1.54, 1.807) is 41.5 Å². The Labute approximate surface area is 441 Å². The molecule has 18 nitrogen and oxygen atoms in total. The molecule has 0 aliphatic carbocycles. The van der Waals surface area contributed by atoms with Gasteiger partial charge in [0.15, 0.2) is 35.7 Å². The predicted octanol–water partition coefficient (Wildman–Crippen LogP) is 5.03. The van der Waals surface area contributed by atoms with Crippen molar-refractivity contribution >= 4 is 35.1 Å². The number of rotatable bonds is 8. The third-order valence-corrected chi connectivity index (χ3v) is 15.9. The molecule has 424 valence electrons. The molecule has 0 amide bonds. The number of cyclic esters (lactones) is 2. The first-order chi connectivity index (χ1) is 34.2. The van der Waals surface area contributed by atoms with Crippen LogP contribution in [0.2, 0.25) is 0 Å². The molecule has 0 unspecified atom stereocenters. The first-order valence-electron chi connectivity index (χ1n) is 26.9. The SMILES string of the molecule is CC[C@H]1OC(=O)[C@H](C)C(=O)[C@H](C)[C@@H](O[C@@H]2O[C@H](C)C[C@H](N(C)C)[C@H]2O)[C@@H](C)C[C@@H](C)C(=O)/C=C/[C@]1(C)O.CC[C@H]1OC(=O)[C@H](C)C(=O)[C@H](C)[C@@H](O[C@@H]2O[C@H](C)C[C@H](N(C)C)[C@H]2O)[C@@H](C)C[C@@H](C)C(=O)/C=C/[C@]1(C)O. The lowest BCUT2D eigenvalue weighted by molar-refractivity contribution is -0.278. The minimum atomic E-state index is -1.57. The molecular formula is C56H94N2O16. The van der Waals surface area contributed by atoms with Crippen LogP contribution in [0.25, 0.3) is 0 Å². The van der Waals surface area contributed by atoms with Crippen LogP contribution in [-0.2, 0) is 57.2 Å². The smallest absolute Gasteiger partial charge is 0.316 e. The highest BCUT2D eigenvalue weighted by atomic mass is 16.7. The van der Waals surface area contributed by atoms with Gasteiger partial charge < -0.3 is 58.6 Å². The van der Waals surface area contributed by atoms with Crippen LogP contribution in [0.15, 0.2) is 24.3 Å². The number of Topliss-reactive ketones (excluding diaryl/α,β-unsaturated/α-hetero) is 2. The Kier molecular flexibility index (Phi) is 24.4. The highest BCUT2D eigenvalue weighted by Crippen LogP contribution is 2.35. The van der Waals surface area contributed by atoms with Gasteiger partial charge in [-0.05, 0) is 144 Å². The Morgan fingerprint density at radius 3 is 1.15 bits per heavy atom. The van der Waals surface area contributed by atoms with Crippen LogP contribution in [0.5, 0.6) is 0 Å². The molecule has 4 aliphatic heterocycles. The van der Waals surface area contributed by atoms with Crippen LogP contribution in [0.4, 0.5) is 0 Å². The monoisotopic (exact) mass is 1050 g/mol. The number of carbonyl (C=O) groups excluding carboxylic acids is 6. The fourth-order valence-corrected chi connectivity index (χ4v) is 10.8. The number of ketones is 4. The molecule has 0 radical (unpaired) electrons. The van der Waals surface area contributed by atoms with Crippen molar-refractivity contribution < 1.29 is 77.6 Å². The standard InChI is InChI=1S/2C28H47NO8/c2*1-10-22-28(7,34)12-11-21(30)15(2)13-16(3)25(18(5)23(31)19(6)26(33)36-22)37-27-24(32)20(29(8)9)14-17(4)35-27/h2*11-12,15-20,22,24-25,27,32,34H,10,13-14H2,1-9H3/b2*12-11+/t2*15-,16+,17-,18+,19-,20+,22-,24-,25+,27+,28+/m11/s1. The van der Waals surface area contributed by atoms with Crippen LogP contribution < -0.4 is 0 Å². The number of esters is 2. The average molecular weight is 1050 g/mol. The number of allylic oxidation sites excluding steroid dienone is 2. The molecule has 74 heavy (non-hydrogen) atoms. The molecule has 4 N–H and O–H groups in total. The number of aliphatic hydroxyl groups excluding tert-OH is 2. The summed E-state index contributed by atoms with van der Waals surface area (Å²) in [5.74, 6) is -7.66. The van der Waals surface area contributed by atoms with Crippen molar-refractivity contribution in [2.75, 3.05) is 28.2 Å². The van der Waals surface area contributed by atoms with E-state index in [9.17, 15) is 49.2 Å². The number of aliphatic hydroxyl groups is 4. The summed E-state index contributed by atoms with van der Waals surface area (Å²) in [6.45, 7) is 24.0. The van der Waals surface area contributed by atoms with Crippen molar-refractivity contribution in [3.05, 3.63) is 24.3 Å². The number of carbonyl (C=O) groups is 6. The zero-order valence-electron chi connectivity index (χ0n) is 47.7. The summed E-state index contributed by atoms with van der Waals surface area (Å²) < 4.78 is 35.7. The first kappa shape index (κ1) is 65.0. The number of ether oxygens (including phenoxy) is 6. The second-order valence-corrected chi connectivity index (χ2v) is 23.0. The van der Waals surface area contributed by atoms with E-state index in [4.69, 9.17) is 28.4 Å². The number of likely N-dealkylation sites (N-methyl/N-ethyl adjacent to an activating group) is 2. The maximum atomic E-state index is 13.5. The van der Waals surface area contributed by atoms with Gasteiger partial charge >= 0.3 is 11.9 Å². The third-order valence-electron chi connectivity index (χ3n) is 15.9. The molecular weight excluding hydrogens is 957 g/mol. The molecule has 2 saturated heterocycles. The molecule has 22 atom stereocenters. The molecule has 0 spiro atoms. The lowest BCUT2D eigenvalue weighted by Crippen LogP contribution is -2.56. The molecule has 4 aliphatic rings. The van der Waals surface area contributed by atoms with E-state index in [1.165, 1.54) is 52.0 Å². The van der Waals surface area contributed by atoms with E-state index < -0.39 is 108 Å². The number of nitrogens with zero attached hydrogens (tertiary/aromatic N) is 2. The number of hydrogen-bond acceptors (Lipinski definition) is 18. The molecule has 0 bridgehead atoms. The van der Waals surface area contributed by atoms with Gasteiger partial charge in [0, 0.05) is 35.8 Å². The van der Waals surface area contributed by atoms with Gasteiger partial charge in [0.1, 0.15) is 47.5 Å². The second kappa shape index (κ2) is 27.8. The lowest BCUT2D eigenvalue weighted by atomic mass is 9.80. The van der Waals surface area contributed by atoms with Crippen molar-refractivity contribution in [3.63, 3.8) is 0 Å². The molecule has 0 aromatic rings. The summed E-state index contributed by atoms with van der Waals surface area (Å²) in [6.07, 6.45) is 0.636. The van der Waals surface area contributed by atoms with Crippen LogP contribution in [0.3, 0.4) is 0 Å². The summed E-state index contributed by atoms with van der Waals surface area (Å²) >= 11 is 0. The van der Waals surface area contributed by atoms with Crippen molar-refractivity contribution in [2.24, 2.45) is 47.3 Å². The predicted molar refractivity (Wildman–Crippen MR) is 277 cm³/mol. The van der Waals surface area contributed by atoms with Gasteiger partial charge in [-0.2, -0.15) is 0 Å². The Bertz CT molecular complexity index is 1820. The Balaban J connectivity index is 0.000000390. The Morgan fingerprint density at radius 1 is 0.554 bits per heavy atom. The van der Waals surface area contributed by atoms with Crippen molar-refractivity contribution in [1.82, 2.24) is 9.80 Å². The Hall–Kier alpha value is -3.30. The van der Waals surface area contributed by atoms with E-state index in [0.717, 1.165) is 0 Å². The minimum absolute atomic E-state index is 0.168. The molecule has 2 fully saturated rings. The van der Waals surface area contributed by atoms with E-state index >= 15 is 0 Å². The number of hydrogen-bond donors (Lipinski definition) is 4. The quantitative estimate of drug-likeness (QED) is 0.184. The van der Waals surface area contributed by atoms with Crippen LogP contribution in [0, 0.1) is 47.3 Å². The summed E-state index contributed by atoms with van der Waals surface area (Å²) in [6, 6.07) is -0.376.